The van der Waals surface area contributed by atoms with Crippen LogP contribution in [0.4, 0.5) is 0 Å². The van der Waals surface area contributed by atoms with Crippen molar-refractivity contribution in [3.63, 3.8) is 0 Å². The zero-order valence-electron chi connectivity index (χ0n) is 19.0. The van der Waals surface area contributed by atoms with Crippen molar-refractivity contribution >= 4 is 17.7 Å². The summed E-state index contributed by atoms with van der Waals surface area (Å²) in [5.41, 5.74) is 0.367. The van der Waals surface area contributed by atoms with Crippen LogP contribution in [0.5, 0.6) is 0 Å². The minimum Gasteiger partial charge on any atom is -0.457 e. The Bertz CT molecular complexity index is 756. The van der Waals surface area contributed by atoms with E-state index in [0.717, 1.165) is 37.8 Å². The van der Waals surface area contributed by atoms with Crippen molar-refractivity contribution in [3.05, 3.63) is 35.9 Å². The molecule has 2 fully saturated rings. The van der Waals surface area contributed by atoms with E-state index in [1.165, 1.54) is 0 Å². The highest BCUT2D eigenvalue weighted by Gasteiger charge is 2.41. The van der Waals surface area contributed by atoms with Gasteiger partial charge in [0.1, 0.15) is 17.3 Å². The van der Waals surface area contributed by atoms with Gasteiger partial charge in [0, 0.05) is 38.9 Å². The number of esters is 1. The molecule has 1 spiro atoms. The molecule has 170 valence electrons. The summed E-state index contributed by atoms with van der Waals surface area (Å²) in [6.45, 7) is 4.38. The normalized spacial score (nSPS) is 24.1. The van der Waals surface area contributed by atoms with Gasteiger partial charge in [-0.15, -0.1) is 0 Å². The average molecular weight is 429 g/mol. The highest BCUT2D eigenvalue weighted by molar-refractivity contribution is 5.98. The molecular formula is C25H36N2O4. The molecule has 1 aromatic carbocycles. The summed E-state index contributed by atoms with van der Waals surface area (Å²) in [6, 6.07) is 9.76. The lowest BCUT2D eigenvalue weighted by Gasteiger charge is -2.43. The minimum absolute atomic E-state index is 0.0248. The second-order valence-electron chi connectivity index (χ2n) is 9.24. The summed E-state index contributed by atoms with van der Waals surface area (Å²) in [7, 11) is 2.07. The van der Waals surface area contributed by atoms with E-state index in [1.54, 1.807) is 6.92 Å². The van der Waals surface area contributed by atoms with E-state index in [4.69, 9.17) is 4.74 Å². The number of Topliss-reactive ketones (excluding diaryl/α,β-unsaturated/α-hetero) is 1. The third-order valence-electron chi connectivity index (χ3n) is 6.65. The number of nitrogens with zero attached hydrogens (tertiary/aromatic N) is 2. The van der Waals surface area contributed by atoms with Gasteiger partial charge in [0.2, 0.25) is 5.91 Å². The van der Waals surface area contributed by atoms with Gasteiger partial charge in [-0.3, -0.25) is 14.4 Å². The number of benzene rings is 1. The molecule has 2 aliphatic heterocycles. The van der Waals surface area contributed by atoms with Crippen LogP contribution in [0.2, 0.25) is 0 Å². The van der Waals surface area contributed by atoms with Crippen LogP contribution < -0.4 is 0 Å². The van der Waals surface area contributed by atoms with Gasteiger partial charge in [-0.25, -0.2) is 0 Å². The first-order valence-electron chi connectivity index (χ1n) is 11.6. The molecule has 6 heteroatoms. The Hall–Kier alpha value is -2.21. The molecule has 3 rings (SSSR count). The Morgan fingerprint density at radius 1 is 1.03 bits per heavy atom. The van der Waals surface area contributed by atoms with Crippen molar-refractivity contribution < 1.29 is 19.1 Å². The molecule has 31 heavy (non-hydrogen) atoms. The molecular weight excluding hydrogens is 392 g/mol. The average Bonchev–Trinajstić information content (AvgIpc) is 2.76. The summed E-state index contributed by atoms with van der Waals surface area (Å²) in [4.78, 5) is 42.1. The molecule has 0 radical (unpaired) electrons. The number of likely N-dealkylation sites (N-methyl/N-ethyl adjacent to an activating group) is 1. The number of likely N-dealkylation sites (tertiary alicyclic amines) is 1. The minimum atomic E-state index is -0.722. The van der Waals surface area contributed by atoms with E-state index >= 15 is 0 Å². The molecule has 2 aliphatic rings. The number of rotatable bonds is 2. The van der Waals surface area contributed by atoms with Crippen molar-refractivity contribution in [3.8, 4) is 0 Å². The van der Waals surface area contributed by atoms with Crippen LogP contribution in [0.1, 0.15) is 57.4 Å². The maximum absolute atomic E-state index is 12.8. The molecule has 0 aromatic heterocycles. The van der Waals surface area contributed by atoms with Gasteiger partial charge < -0.3 is 14.5 Å². The van der Waals surface area contributed by atoms with Gasteiger partial charge in [-0.2, -0.15) is 0 Å². The quantitative estimate of drug-likeness (QED) is 0.534. The van der Waals surface area contributed by atoms with Crippen molar-refractivity contribution in [2.75, 3.05) is 33.2 Å². The lowest BCUT2D eigenvalue weighted by Crippen LogP contribution is -2.54. The van der Waals surface area contributed by atoms with E-state index in [-0.39, 0.29) is 11.7 Å². The van der Waals surface area contributed by atoms with Crippen LogP contribution in [0.15, 0.2) is 30.3 Å². The van der Waals surface area contributed by atoms with E-state index in [2.05, 4.69) is 11.9 Å². The smallest absolute Gasteiger partial charge is 0.316 e. The zero-order valence-corrected chi connectivity index (χ0v) is 19.0. The highest BCUT2D eigenvalue weighted by Crippen LogP contribution is 2.30. The zero-order chi connectivity index (χ0) is 22.3. The summed E-state index contributed by atoms with van der Waals surface area (Å²) >= 11 is 0. The summed E-state index contributed by atoms with van der Waals surface area (Å²) in [6.07, 6.45) is 6.06. The summed E-state index contributed by atoms with van der Waals surface area (Å²) < 4.78 is 6.05. The molecule has 2 heterocycles. The van der Waals surface area contributed by atoms with Crippen LogP contribution in [-0.2, 0) is 25.5 Å². The molecule has 0 saturated carbocycles. The van der Waals surface area contributed by atoms with E-state index in [9.17, 15) is 14.4 Å². The standard InChI is InChI=1S/C25H36N2O4/c1-20-22(28)12-8-3-4-9-15-26(2)19-25(31-24(20)30)13-16-27(17-14-25)23(29)18-21-10-6-5-7-11-21/h5-7,10-11,20H,3-4,8-9,12-19H2,1-2H3. The van der Waals surface area contributed by atoms with Gasteiger partial charge in [0.15, 0.2) is 0 Å². The Labute approximate surface area is 185 Å². The lowest BCUT2D eigenvalue weighted by molar-refractivity contribution is -0.173. The molecule has 1 amide bonds. The predicted octanol–water partition coefficient (Wildman–Crippen LogP) is 3.23. The first-order valence-corrected chi connectivity index (χ1v) is 11.6. The molecule has 1 atom stereocenters. The van der Waals surface area contributed by atoms with Crippen molar-refractivity contribution in [1.29, 1.82) is 0 Å². The Kier molecular flexibility index (Phi) is 8.24. The summed E-state index contributed by atoms with van der Waals surface area (Å²) in [5, 5.41) is 0. The number of carbonyl (C=O) groups excluding carboxylic acids is 3. The molecule has 0 aliphatic carbocycles. The van der Waals surface area contributed by atoms with Gasteiger partial charge >= 0.3 is 5.97 Å². The molecule has 2 saturated heterocycles. The van der Waals surface area contributed by atoms with E-state index in [0.29, 0.717) is 45.3 Å². The fourth-order valence-corrected chi connectivity index (χ4v) is 4.59. The van der Waals surface area contributed by atoms with Crippen molar-refractivity contribution in [2.45, 2.75) is 63.9 Å². The topological polar surface area (TPSA) is 66.9 Å². The van der Waals surface area contributed by atoms with Gasteiger partial charge in [-0.05, 0) is 38.9 Å². The second kappa shape index (κ2) is 10.9. The molecule has 6 nitrogen and oxygen atoms in total. The number of hydrogen-bond acceptors (Lipinski definition) is 5. The predicted molar refractivity (Wildman–Crippen MR) is 120 cm³/mol. The molecule has 1 unspecified atom stereocenters. The Morgan fingerprint density at radius 3 is 2.42 bits per heavy atom. The lowest BCUT2D eigenvalue weighted by atomic mass is 9.89. The number of ketones is 1. The van der Waals surface area contributed by atoms with E-state index in [1.807, 2.05) is 35.2 Å². The maximum Gasteiger partial charge on any atom is 0.316 e. The Morgan fingerprint density at radius 2 is 1.71 bits per heavy atom. The molecule has 1 aromatic rings. The Balaban J connectivity index is 1.67. The maximum atomic E-state index is 12.8. The molecule has 0 N–H and O–H groups in total. The summed E-state index contributed by atoms with van der Waals surface area (Å²) in [5.74, 6) is -1.06. The van der Waals surface area contributed by atoms with Crippen LogP contribution in [0.3, 0.4) is 0 Å². The number of piperidine rings is 1. The van der Waals surface area contributed by atoms with Crippen molar-refractivity contribution in [1.82, 2.24) is 9.80 Å². The monoisotopic (exact) mass is 428 g/mol. The van der Waals surface area contributed by atoms with Gasteiger partial charge in [-0.1, -0.05) is 43.2 Å². The number of carbonyl (C=O) groups is 3. The van der Waals surface area contributed by atoms with Gasteiger partial charge in [0.25, 0.3) is 0 Å². The number of amides is 1. The third-order valence-corrected chi connectivity index (χ3v) is 6.65. The first-order chi connectivity index (χ1) is 14.9. The third kappa shape index (κ3) is 6.63. The van der Waals surface area contributed by atoms with E-state index < -0.39 is 17.5 Å². The largest absolute Gasteiger partial charge is 0.457 e. The fourth-order valence-electron chi connectivity index (χ4n) is 4.59. The second-order valence-corrected chi connectivity index (χ2v) is 9.24. The van der Waals surface area contributed by atoms with Crippen LogP contribution in [0.25, 0.3) is 0 Å². The number of ether oxygens (including phenoxy) is 1. The highest BCUT2D eigenvalue weighted by atomic mass is 16.6. The SMILES string of the molecule is CC1C(=O)CCCCCCN(C)CC2(CCN(C(=O)Cc3ccccc3)CC2)OC1=O. The van der Waals surface area contributed by atoms with Crippen LogP contribution in [0, 0.1) is 5.92 Å². The van der Waals surface area contributed by atoms with Gasteiger partial charge in [0.05, 0.1) is 6.42 Å². The number of hydrogen-bond donors (Lipinski definition) is 0. The molecule has 0 bridgehead atoms. The fraction of sp³-hybridized carbons (Fsp3) is 0.640. The first kappa shape index (κ1) is 23.5. The van der Waals surface area contributed by atoms with Crippen molar-refractivity contribution in [2.24, 2.45) is 5.92 Å². The van der Waals surface area contributed by atoms with Crippen LogP contribution >= 0.6 is 0 Å². The van der Waals surface area contributed by atoms with Crippen LogP contribution in [-0.4, -0.2) is 66.3 Å².